The Morgan fingerprint density at radius 1 is 1.00 bits per heavy atom. The van der Waals surface area contributed by atoms with E-state index in [1.165, 1.54) is 42.4 Å². The number of carbonyl (C=O) groups excluding carboxylic acids is 2. The first-order valence-corrected chi connectivity index (χ1v) is 11.8. The van der Waals surface area contributed by atoms with Crippen LogP contribution in [0.1, 0.15) is 42.6 Å². The summed E-state index contributed by atoms with van der Waals surface area (Å²) in [5.41, 5.74) is 0.562. The second-order valence-electron chi connectivity index (χ2n) is 8.29. The summed E-state index contributed by atoms with van der Waals surface area (Å²) in [7, 11) is -3.77. The minimum absolute atomic E-state index is 0.0699. The Morgan fingerprint density at radius 2 is 1.71 bits per heavy atom. The van der Waals surface area contributed by atoms with E-state index >= 15 is 0 Å². The molecule has 7 nitrogen and oxygen atoms in total. The molecule has 8 heteroatoms. The van der Waals surface area contributed by atoms with Crippen molar-refractivity contribution in [2.75, 3.05) is 19.6 Å². The fourth-order valence-corrected chi connectivity index (χ4v) is 5.87. The lowest BCUT2D eigenvalue weighted by atomic mass is 9.93. The third kappa shape index (κ3) is 4.22. The van der Waals surface area contributed by atoms with E-state index in [-0.39, 0.29) is 23.1 Å². The third-order valence-corrected chi connectivity index (χ3v) is 7.85. The highest BCUT2D eigenvalue weighted by Crippen LogP contribution is 2.36. The number of rotatable bonds is 3. The third-order valence-electron chi connectivity index (χ3n) is 5.99. The van der Waals surface area contributed by atoms with Gasteiger partial charge in [-0.3, -0.25) is 9.59 Å². The molecule has 0 saturated carbocycles. The molecule has 4 rings (SSSR count). The van der Waals surface area contributed by atoms with Gasteiger partial charge in [0.15, 0.2) is 5.78 Å². The van der Waals surface area contributed by atoms with Gasteiger partial charge in [-0.25, -0.2) is 8.42 Å². The molecule has 0 aromatic heterocycles. The molecule has 1 atom stereocenters. The number of ether oxygens (including phenoxy) is 1. The van der Waals surface area contributed by atoms with E-state index in [1.807, 2.05) is 24.3 Å². The van der Waals surface area contributed by atoms with Crippen LogP contribution in [0.25, 0.3) is 0 Å². The van der Waals surface area contributed by atoms with Crippen molar-refractivity contribution < 1.29 is 22.7 Å². The molecule has 2 aromatic rings. The SMILES string of the molecule is CC(=O)c1ccc(S(=O)(=O)N2CCC[C@@]3(CN(C(C)=O)Cc4ccccc4O3)C2)cc1. The van der Waals surface area contributed by atoms with E-state index in [2.05, 4.69) is 0 Å². The number of amides is 1. The van der Waals surface area contributed by atoms with Crippen molar-refractivity contribution in [3.05, 3.63) is 59.7 Å². The molecule has 164 valence electrons. The average Bonchev–Trinajstić information content (AvgIpc) is 2.90. The van der Waals surface area contributed by atoms with E-state index in [1.54, 1.807) is 4.90 Å². The van der Waals surface area contributed by atoms with Gasteiger partial charge in [0.1, 0.15) is 11.4 Å². The Morgan fingerprint density at radius 3 is 2.39 bits per heavy atom. The highest BCUT2D eigenvalue weighted by Gasteiger charge is 2.45. The Bertz CT molecular complexity index is 1110. The zero-order valence-electron chi connectivity index (χ0n) is 17.7. The van der Waals surface area contributed by atoms with Crippen molar-refractivity contribution in [2.24, 2.45) is 0 Å². The van der Waals surface area contributed by atoms with Crippen LogP contribution in [0.3, 0.4) is 0 Å². The van der Waals surface area contributed by atoms with Crippen molar-refractivity contribution >= 4 is 21.7 Å². The van der Waals surface area contributed by atoms with E-state index in [4.69, 9.17) is 4.74 Å². The van der Waals surface area contributed by atoms with Gasteiger partial charge in [-0.1, -0.05) is 30.3 Å². The number of carbonyl (C=O) groups is 2. The first-order valence-electron chi connectivity index (χ1n) is 10.3. The topological polar surface area (TPSA) is 84.0 Å². The Balaban J connectivity index is 1.66. The maximum absolute atomic E-state index is 13.3. The number of para-hydroxylation sites is 1. The van der Waals surface area contributed by atoms with Crippen molar-refractivity contribution in [3.8, 4) is 5.75 Å². The molecule has 0 radical (unpaired) electrons. The summed E-state index contributed by atoms with van der Waals surface area (Å²) in [4.78, 5) is 25.7. The van der Waals surface area contributed by atoms with Gasteiger partial charge in [0.05, 0.1) is 18.0 Å². The predicted octanol–water partition coefficient (Wildman–Crippen LogP) is 2.85. The quantitative estimate of drug-likeness (QED) is 0.683. The minimum atomic E-state index is -3.77. The second-order valence-corrected chi connectivity index (χ2v) is 10.2. The van der Waals surface area contributed by atoms with Gasteiger partial charge in [0.25, 0.3) is 0 Å². The second kappa shape index (κ2) is 8.09. The van der Waals surface area contributed by atoms with Crippen molar-refractivity contribution in [1.82, 2.24) is 9.21 Å². The van der Waals surface area contributed by atoms with Crippen LogP contribution < -0.4 is 4.74 Å². The number of fused-ring (bicyclic) bond motifs is 1. The van der Waals surface area contributed by atoms with Crippen molar-refractivity contribution in [2.45, 2.75) is 43.7 Å². The van der Waals surface area contributed by atoms with Gasteiger partial charge >= 0.3 is 0 Å². The van der Waals surface area contributed by atoms with E-state index in [0.717, 1.165) is 5.56 Å². The van der Waals surface area contributed by atoms with Gasteiger partial charge in [0.2, 0.25) is 15.9 Å². The standard InChI is InChI=1S/C23H26N2O5S/c1-17(26)19-8-10-21(11-9-19)31(28,29)25-13-5-12-23(16-25)15-24(18(2)27)14-20-6-3-4-7-22(20)30-23/h3-4,6-11H,5,12-16H2,1-2H3/t23-/m1/s1. The summed E-state index contributed by atoms with van der Waals surface area (Å²) in [6, 6.07) is 13.6. The van der Waals surface area contributed by atoms with E-state index < -0.39 is 15.6 Å². The van der Waals surface area contributed by atoms with Gasteiger partial charge in [-0.15, -0.1) is 0 Å². The molecule has 0 bridgehead atoms. The van der Waals surface area contributed by atoms with Crippen LogP contribution in [0.4, 0.5) is 0 Å². The minimum Gasteiger partial charge on any atom is -0.484 e. The first-order chi connectivity index (χ1) is 14.7. The zero-order chi connectivity index (χ0) is 22.2. The zero-order valence-corrected chi connectivity index (χ0v) is 18.5. The lowest BCUT2D eigenvalue weighted by Crippen LogP contribution is -2.58. The fourth-order valence-electron chi connectivity index (χ4n) is 4.32. The van der Waals surface area contributed by atoms with Crippen LogP contribution in [-0.4, -0.2) is 54.5 Å². The van der Waals surface area contributed by atoms with Crippen LogP contribution in [0.15, 0.2) is 53.4 Å². The van der Waals surface area contributed by atoms with Crippen molar-refractivity contribution in [1.29, 1.82) is 0 Å². The smallest absolute Gasteiger partial charge is 0.243 e. The molecular formula is C23H26N2O5S. The number of benzene rings is 2. The van der Waals surface area contributed by atoms with Crippen LogP contribution in [0.5, 0.6) is 5.75 Å². The largest absolute Gasteiger partial charge is 0.484 e. The lowest BCUT2D eigenvalue weighted by molar-refractivity contribution is -0.132. The summed E-state index contributed by atoms with van der Waals surface area (Å²) < 4.78 is 34.6. The lowest BCUT2D eigenvalue weighted by Gasteiger charge is -2.43. The molecule has 1 amide bonds. The fraction of sp³-hybridized carbons (Fsp3) is 0.391. The number of hydrogen-bond acceptors (Lipinski definition) is 5. The molecule has 2 aromatic carbocycles. The summed E-state index contributed by atoms with van der Waals surface area (Å²) in [5, 5.41) is 0. The Kier molecular flexibility index (Phi) is 5.61. The molecule has 2 aliphatic rings. The average molecular weight is 443 g/mol. The Labute approximate surface area is 182 Å². The molecule has 0 aliphatic carbocycles. The molecule has 1 fully saturated rings. The summed E-state index contributed by atoms with van der Waals surface area (Å²) in [6.45, 7) is 4.26. The maximum Gasteiger partial charge on any atom is 0.243 e. The van der Waals surface area contributed by atoms with Crippen LogP contribution >= 0.6 is 0 Å². The van der Waals surface area contributed by atoms with Gasteiger partial charge in [-0.2, -0.15) is 4.31 Å². The highest BCUT2D eigenvalue weighted by atomic mass is 32.2. The van der Waals surface area contributed by atoms with Gasteiger partial charge < -0.3 is 9.64 Å². The van der Waals surface area contributed by atoms with E-state index in [0.29, 0.717) is 43.8 Å². The number of hydrogen-bond donors (Lipinski definition) is 0. The molecule has 2 aliphatic heterocycles. The molecule has 31 heavy (non-hydrogen) atoms. The number of ketones is 1. The van der Waals surface area contributed by atoms with Gasteiger partial charge in [-0.05, 0) is 38.0 Å². The molecule has 0 N–H and O–H groups in total. The number of sulfonamides is 1. The first kappa shape index (κ1) is 21.5. The van der Waals surface area contributed by atoms with Crippen LogP contribution in [0, 0.1) is 0 Å². The van der Waals surface area contributed by atoms with E-state index in [9.17, 15) is 18.0 Å². The van der Waals surface area contributed by atoms with Crippen molar-refractivity contribution in [3.63, 3.8) is 0 Å². The number of nitrogens with zero attached hydrogens (tertiary/aromatic N) is 2. The van der Waals surface area contributed by atoms with Crippen LogP contribution in [-0.2, 0) is 21.4 Å². The van der Waals surface area contributed by atoms with Crippen LogP contribution in [0.2, 0.25) is 0 Å². The maximum atomic E-state index is 13.3. The molecule has 1 spiro atoms. The normalized spacial score (nSPS) is 21.8. The number of Topliss-reactive ketones (excluding diaryl/α,β-unsaturated/α-hetero) is 1. The summed E-state index contributed by atoms with van der Waals surface area (Å²) in [5.74, 6) is 0.506. The monoisotopic (exact) mass is 442 g/mol. The molecule has 2 heterocycles. The molecule has 1 saturated heterocycles. The number of piperidine rings is 1. The van der Waals surface area contributed by atoms with Gasteiger partial charge in [0, 0.05) is 31.1 Å². The highest BCUT2D eigenvalue weighted by molar-refractivity contribution is 7.89. The molecule has 0 unspecified atom stereocenters. The summed E-state index contributed by atoms with van der Waals surface area (Å²) in [6.07, 6.45) is 1.28. The summed E-state index contributed by atoms with van der Waals surface area (Å²) >= 11 is 0. The molecular weight excluding hydrogens is 416 g/mol. The Hall–Kier alpha value is -2.71. The predicted molar refractivity (Wildman–Crippen MR) is 115 cm³/mol.